The molecule has 0 aromatic carbocycles. The maximum atomic E-state index is 3.80. The van der Waals surface area contributed by atoms with Crippen LogP contribution in [-0.2, 0) is 13.6 Å². The van der Waals surface area contributed by atoms with E-state index in [-0.39, 0.29) is 0 Å². The van der Waals surface area contributed by atoms with Gasteiger partial charge < -0.3 is 9.88 Å². The number of allylic oxidation sites excluding steroid dienone is 1. The van der Waals surface area contributed by atoms with Crippen LogP contribution < -0.4 is 5.32 Å². The monoisotopic (exact) mass is 218 g/mol. The van der Waals surface area contributed by atoms with E-state index in [1.807, 2.05) is 6.08 Å². The van der Waals surface area contributed by atoms with Crippen LogP contribution in [0.4, 0.5) is 0 Å². The molecule has 16 heavy (non-hydrogen) atoms. The lowest BCUT2D eigenvalue weighted by atomic mass is 10.1. The minimum Gasteiger partial charge on any atom is -0.357 e. The lowest BCUT2D eigenvalue weighted by Crippen LogP contribution is -2.30. The molecule has 0 saturated heterocycles. The fourth-order valence-corrected chi connectivity index (χ4v) is 2.21. The SMILES string of the molecule is C=CCCC(NCc1ccn(C)c1)C1CC1. The molecule has 2 nitrogen and oxygen atoms in total. The molecule has 0 amide bonds. The predicted molar refractivity (Wildman–Crippen MR) is 68.2 cm³/mol. The van der Waals surface area contributed by atoms with Crippen molar-refractivity contribution in [2.75, 3.05) is 0 Å². The number of hydrogen-bond donors (Lipinski definition) is 1. The lowest BCUT2D eigenvalue weighted by molar-refractivity contribution is 0.437. The Morgan fingerprint density at radius 3 is 3.00 bits per heavy atom. The van der Waals surface area contributed by atoms with E-state index >= 15 is 0 Å². The van der Waals surface area contributed by atoms with Gasteiger partial charge in [-0.25, -0.2) is 0 Å². The van der Waals surface area contributed by atoms with Gasteiger partial charge in [-0.3, -0.25) is 0 Å². The highest BCUT2D eigenvalue weighted by molar-refractivity contribution is 5.09. The third kappa shape index (κ3) is 3.24. The largest absolute Gasteiger partial charge is 0.357 e. The molecule has 1 aromatic heterocycles. The zero-order valence-corrected chi connectivity index (χ0v) is 10.2. The molecule has 0 radical (unpaired) electrons. The molecule has 1 atom stereocenters. The zero-order valence-electron chi connectivity index (χ0n) is 10.2. The number of hydrogen-bond acceptors (Lipinski definition) is 1. The normalized spacial score (nSPS) is 17.3. The highest BCUT2D eigenvalue weighted by Gasteiger charge is 2.29. The standard InChI is InChI=1S/C14H22N2/c1-3-4-5-14(13-6-7-13)15-10-12-8-9-16(2)11-12/h3,8-9,11,13-15H,1,4-7,10H2,2H3. The van der Waals surface area contributed by atoms with E-state index in [9.17, 15) is 0 Å². The molecule has 1 aromatic rings. The molecule has 1 N–H and O–H groups in total. The molecular weight excluding hydrogens is 196 g/mol. The zero-order chi connectivity index (χ0) is 11.4. The van der Waals surface area contributed by atoms with E-state index in [2.05, 4.69) is 42.0 Å². The summed E-state index contributed by atoms with van der Waals surface area (Å²) >= 11 is 0. The Kier molecular flexibility index (Phi) is 3.83. The maximum Gasteiger partial charge on any atom is 0.0223 e. The molecule has 1 aliphatic carbocycles. The summed E-state index contributed by atoms with van der Waals surface area (Å²) in [5, 5.41) is 3.68. The van der Waals surface area contributed by atoms with Crippen molar-refractivity contribution in [3.05, 3.63) is 36.7 Å². The van der Waals surface area contributed by atoms with Gasteiger partial charge in [0.25, 0.3) is 0 Å². The summed E-state index contributed by atoms with van der Waals surface area (Å²) < 4.78 is 2.10. The van der Waals surface area contributed by atoms with E-state index in [0.717, 1.165) is 18.9 Å². The van der Waals surface area contributed by atoms with E-state index in [1.54, 1.807) is 0 Å². The summed E-state index contributed by atoms with van der Waals surface area (Å²) in [6.45, 7) is 4.80. The highest BCUT2D eigenvalue weighted by Crippen LogP contribution is 2.34. The molecule has 2 heteroatoms. The van der Waals surface area contributed by atoms with Crippen molar-refractivity contribution >= 4 is 0 Å². The van der Waals surface area contributed by atoms with Gasteiger partial charge in [-0.05, 0) is 43.2 Å². The highest BCUT2D eigenvalue weighted by atomic mass is 14.9. The Balaban J connectivity index is 1.79. The second-order valence-electron chi connectivity index (χ2n) is 4.88. The summed E-state index contributed by atoms with van der Waals surface area (Å²) in [5.74, 6) is 0.920. The van der Waals surface area contributed by atoms with E-state index in [4.69, 9.17) is 0 Å². The first kappa shape index (κ1) is 11.5. The van der Waals surface area contributed by atoms with Crippen molar-refractivity contribution in [3.8, 4) is 0 Å². The van der Waals surface area contributed by atoms with Gasteiger partial charge in [0.2, 0.25) is 0 Å². The molecule has 0 aliphatic heterocycles. The van der Waals surface area contributed by atoms with Gasteiger partial charge in [0.15, 0.2) is 0 Å². The van der Waals surface area contributed by atoms with Gasteiger partial charge in [-0.15, -0.1) is 6.58 Å². The van der Waals surface area contributed by atoms with Crippen molar-refractivity contribution in [3.63, 3.8) is 0 Å². The Bertz CT molecular complexity index is 336. The number of nitrogens with one attached hydrogen (secondary N) is 1. The average Bonchev–Trinajstić information content (AvgIpc) is 3.03. The molecule has 1 aliphatic rings. The molecular formula is C14H22N2. The topological polar surface area (TPSA) is 17.0 Å². The lowest BCUT2D eigenvalue weighted by Gasteiger charge is -2.17. The molecule has 1 unspecified atom stereocenters. The van der Waals surface area contributed by atoms with E-state index in [0.29, 0.717) is 6.04 Å². The van der Waals surface area contributed by atoms with Crippen LogP contribution in [0, 0.1) is 5.92 Å². The molecule has 2 rings (SSSR count). The molecule has 0 spiro atoms. The van der Waals surface area contributed by atoms with Gasteiger partial charge in [0, 0.05) is 32.0 Å². The second-order valence-corrected chi connectivity index (χ2v) is 4.88. The van der Waals surface area contributed by atoms with Crippen LogP contribution in [0.2, 0.25) is 0 Å². The van der Waals surface area contributed by atoms with Crippen molar-refractivity contribution in [2.24, 2.45) is 13.0 Å². The van der Waals surface area contributed by atoms with Crippen molar-refractivity contribution in [1.82, 2.24) is 9.88 Å². The van der Waals surface area contributed by atoms with Crippen LogP contribution in [-0.4, -0.2) is 10.6 Å². The van der Waals surface area contributed by atoms with E-state index < -0.39 is 0 Å². The maximum absolute atomic E-state index is 3.80. The Morgan fingerprint density at radius 2 is 2.44 bits per heavy atom. The quantitative estimate of drug-likeness (QED) is 0.696. The second kappa shape index (κ2) is 5.35. The number of aryl methyl sites for hydroxylation is 1. The molecule has 0 bridgehead atoms. The van der Waals surface area contributed by atoms with E-state index in [1.165, 1.54) is 24.8 Å². The first-order valence-electron chi connectivity index (χ1n) is 6.24. The predicted octanol–water partition coefficient (Wildman–Crippen LogP) is 2.86. The number of nitrogens with zero attached hydrogens (tertiary/aromatic N) is 1. The van der Waals surface area contributed by atoms with Crippen LogP contribution in [0.5, 0.6) is 0 Å². The first-order valence-corrected chi connectivity index (χ1v) is 6.24. The summed E-state index contributed by atoms with van der Waals surface area (Å²) in [6.07, 6.45) is 11.5. The summed E-state index contributed by atoms with van der Waals surface area (Å²) in [5.41, 5.74) is 1.38. The average molecular weight is 218 g/mol. The fraction of sp³-hybridized carbons (Fsp3) is 0.571. The van der Waals surface area contributed by atoms with Crippen molar-refractivity contribution in [2.45, 2.75) is 38.3 Å². The Labute approximate surface area is 98.4 Å². The molecule has 88 valence electrons. The molecule has 1 saturated carbocycles. The number of rotatable bonds is 7. The molecule has 1 fully saturated rings. The van der Waals surface area contributed by atoms with Crippen molar-refractivity contribution in [1.29, 1.82) is 0 Å². The van der Waals surface area contributed by atoms with Gasteiger partial charge in [-0.1, -0.05) is 6.08 Å². The Morgan fingerprint density at radius 1 is 1.62 bits per heavy atom. The van der Waals surface area contributed by atoms with Gasteiger partial charge >= 0.3 is 0 Å². The van der Waals surface area contributed by atoms with Gasteiger partial charge in [-0.2, -0.15) is 0 Å². The fourth-order valence-electron chi connectivity index (χ4n) is 2.21. The van der Waals surface area contributed by atoms with Crippen LogP contribution in [0.15, 0.2) is 31.1 Å². The smallest absolute Gasteiger partial charge is 0.0223 e. The van der Waals surface area contributed by atoms with Crippen LogP contribution in [0.3, 0.4) is 0 Å². The third-order valence-electron chi connectivity index (χ3n) is 3.33. The minimum absolute atomic E-state index is 0.693. The summed E-state index contributed by atoms with van der Waals surface area (Å²) in [6, 6.07) is 2.88. The molecule has 1 heterocycles. The van der Waals surface area contributed by atoms with Gasteiger partial charge in [0.05, 0.1) is 0 Å². The Hall–Kier alpha value is -1.02. The van der Waals surface area contributed by atoms with Crippen LogP contribution in [0.1, 0.15) is 31.2 Å². The van der Waals surface area contributed by atoms with Crippen LogP contribution in [0.25, 0.3) is 0 Å². The minimum atomic E-state index is 0.693. The van der Waals surface area contributed by atoms with Crippen LogP contribution >= 0.6 is 0 Å². The third-order valence-corrected chi connectivity index (χ3v) is 3.33. The summed E-state index contributed by atoms with van der Waals surface area (Å²) in [4.78, 5) is 0. The first-order chi connectivity index (χ1) is 7.79. The summed E-state index contributed by atoms with van der Waals surface area (Å²) in [7, 11) is 2.07. The van der Waals surface area contributed by atoms with Gasteiger partial charge in [0.1, 0.15) is 0 Å². The number of aromatic nitrogens is 1. The van der Waals surface area contributed by atoms with Crippen molar-refractivity contribution < 1.29 is 0 Å².